The lowest BCUT2D eigenvalue weighted by atomic mass is 9.88. The van der Waals surface area contributed by atoms with Gasteiger partial charge in [-0.3, -0.25) is 9.89 Å². The third kappa shape index (κ3) is 4.78. The van der Waals surface area contributed by atoms with E-state index in [1.165, 1.54) is 11.8 Å². The van der Waals surface area contributed by atoms with Gasteiger partial charge in [-0.15, -0.1) is 0 Å². The van der Waals surface area contributed by atoms with Gasteiger partial charge in [-0.25, -0.2) is 4.99 Å². The van der Waals surface area contributed by atoms with Crippen LogP contribution in [0.3, 0.4) is 0 Å². The number of aryl methyl sites for hydroxylation is 1. The lowest BCUT2D eigenvalue weighted by Crippen LogP contribution is -2.26. The number of H-pyrrole nitrogens is 1. The number of carbonyl (C=O) groups is 1. The van der Waals surface area contributed by atoms with Crippen LogP contribution in [0.1, 0.15) is 29.7 Å². The Balaban J connectivity index is 1.60. The minimum absolute atomic E-state index is 0.134. The normalized spacial score (nSPS) is 14.9. The number of benzene rings is 2. The highest BCUT2D eigenvalue weighted by molar-refractivity contribution is 8.14. The molecule has 2 heterocycles. The fourth-order valence-electron chi connectivity index (χ4n) is 3.70. The Kier molecular flexibility index (Phi) is 6.79. The number of aliphatic imine (C=N–C) groups is 1. The Morgan fingerprint density at radius 2 is 2.06 bits per heavy atom. The van der Waals surface area contributed by atoms with Crippen molar-refractivity contribution in [3.05, 3.63) is 65.4 Å². The average Bonchev–Trinajstić information content (AvgIpc) is 3.19. The Hall–Kier alpha value is -3.59. The quantitative estimate of drug-likeness (QED) is 0.470. The summed E-state index contributed by atoms with van der Waals surface area (Å²) >= 11 is 1.30. The van der Waals surface area contributed by atoms with Crippen LogP contribution in [-0.2, 0) is 4.79 Å². The third-order valence-corrected chi connectivity index (χ3v) is 6.21. The largest absolute Gasteiger partial charge is 0.497 e. The monoisotopic (exact) mass is 463 g/mol. The number of aromatic amines is 1. The topological polar surface area (TPSA) is 112 Å². The molecular weight excluding hydrogens is 438 g/mol. The molecule has 0 bridgehead atoms. The SMILES string of the molecule is CCOc1ccccc1C1C(=N)c2c(n[nH]c2C)N=C1SCC(=O)Nc1cccc(OC)c1. The summed E-state index contributed by atoms with van der Waals surface area (Å²) in [6, 6.07) is 14.8. The Labute approximate surface area is 196 Å². The van der Waals surface area contributed by atoms with Crippen LogP contribution in [0.2, 0.25) is 0 Å². The van der Waals surface area contributed by atoms with Crippen molar-refractivity contribution in [1.29, 1.82) is 5.41 Å². The maximum absolute atomic E-state index is 12.7. The number of aromatic nitrogens is 2. The zero-order valence-corrected chi connectivity index (χ0v) is 19.5. The van der Waals surface area contributed by atoms with Crippen LogP contribution in [0.25, 0.3) is 0 Å². The van der Waals surface area contributed by atoms with Gasteiger partial charge in [0.05, 0.1) is 41.7 Å². The maximum Gasteiger partial charge on any atom is 0.234 e. The summed E-state index contributed by atoms with van der Waals surface area (Å²) in [4.78, 5) is 17.4. The van der Waals surface area contributed by atoms with E-state index in [4.69, 9.17) is 19.9 Å². The molecule has 33 heavy (non-hydrogen) atoms. The third-order valence-electron chi connectivity index (χ3n) is 5.18. The first kappa shape index (κ1) is 22.6. The molecule has 0 spiro atoms. The highest BCUT2D eigenvalue weighted by atomic mass is 32.2. The number of nitrogens with zero attached hydrogens (tertiary/aromatic N) is 2. The zero-order chi connectivity index (χ0) is 23.4. The summed E-state index contributed by atoms with van der Waals surface area (Å²) in [7, 11) is 1.58. The van der Waals surface area contributed by atoms with E-state index >= 15 is 0 Å². The van der Waals surface area contributed by atoms with Crippen LogP contribution in [0.15, 0.2) is 53.5 Å². The second-order valence-electron chi connectivity index (χ2n) is 7.38. The highest BCUT2D eigenvalue weighted by Crippen LogP contribution is 2.40. The molecule has 8 nitrogen and oxygen atoms in total. The molecule has 4 rings (SSSR count). The van der Waals surface area contributed by atoms with Crippen LogP contribution in [0.5, 0.6) is 11.5 Å². The minimum Gasteiger partial charge on any atom is -0.497 e. The standard InChI is InChI=1S/C24H25N5O3S/c1-4-32-18-11-6-5-10-17(18)21-22(25)20-14(2)28-29-23(20)27-24(21)33-13-19(30)26-15-8-7-9-16(12-15)31-3/h5-12,21,25H,4,13H2,1-3H3,(H,26,30)(H,28,29). The van der Waals surface area contributed by atoms with Gasteiger partial charge >= 0.3 is 0 Å². The minimum atomic E-state index is -0.453. The van der Waals surface area contributed by atoms with Gasteiger partial charge in [-0.1, -0.05) is 36.0 Å². The Morgan fingerprint density at radius 1 is 1.24 bits per heavy atom. The molecular formula is C24H25N5O3S. The summed E-state index contributed by atoms with van der Waals surface area (Å²) in [6.45, 7) is 4.31. The molecule has 1 aliphatic rings. The van der Waals surface area contributed by atoms with E-state index in [0.717, 1.165) is 11.3 Å². The van der Waals surface area contributed by atoms with Gasteiger partial charge in [0.15, 0.2) is 5.82 Å². The number of nitrogens with one attached hydrogen (secondary N) is 3. The first-order chi connectivity index (χ1) is 16.0. The van der Waals surface area contributed by atoms with Crippen LogP contribution >= 0.6 is 11.8 Å². The zero-order valence-electron chi connectivity index (χ0n) is 18.6. The van der Waals surface area contributed by atoms with Gasteiger partial charge in [0.25, 0.3) is 0 Å². The molecule has 9 heteroatoms. The van der Waals surface area contributed by atoms with Gasteiger partial charge in [0, 0.05) is 23.0 Å². The van der Waals surface area contributed by atoms with Crippen LogP contribution in [0.4, 0.5) is 11.5 Å². The summed E-state index contributed by atoms with van der Waals surface area (Å²) in [5.74, 6) is 1.34. The molecule has 0 radical (unpaired) electrons. The molecule has 3 aromatic rings. The molecule has 1 amide bonds. The van der Waals surface area contributed by atoms with Gasteiger partial charge in [-0.2, -0.15) is 5.10 Å². The van der Waals surface area contributed by atoms with Crippen molar-refractivity contribution in [2.24, 2.45) is 4.99 Å². The fourth-order valence-corrected chi connectivity index (χ4v) is 4.62. The van der Waals surface area contributed by atoms with Gasteiger partial charge in [0.1, 0.15) is 11.5 Å². The number of rotatable bonds is 7. The van der Waals surface area contributed by atoms with Gasteiger partial charge < -0.3 is 20.2 Å². The van der Waals surface area contributed by atoms with Crippen LogP contribution < -0.4 is 14.8 Å². The van der Waals surface area contributed by atoms with E-state index in [-0.39, 0.29) is 11.7 Å². The van der Waals surface area contributed by atoms with E-state index in [9.17, 15) is 4.79 Å². The summed E-state index contributed by atoms with van der Waals surface area (Å²) in [5, 5.41) is 19.6. The molecule has 0 saturated carbocycles. The molecule has 0 aliphatic carbocycles. The Bertz CT molecular complexity index is 1220. The number of fused-ring (bicyclic) bond motifs is 1. The van der Waals surface area contributed by atoms with E-state index in [1.807, 2.05) is 50.2 Å². The van der Waals surface area contributed by atoms with Crippen molar-refractivity contribution in [2.75, 3.05) is 24.8 Å². The second-order valence-corrected chi connectivity index (χ2v) is 8.38. The molecule has 0 saturated heterocycles. The van der Waals surface area contributed by atoms with Crippen LogP contribution in [0, 0.1) is 12.3 Å². The molecule has 1 aliphatic heterocycles. The van der Waals surface area contributed by atoms with Crippen molar-refractivity contribution in [1.82, 2.24) is 10.2 Å². The number of anilines is 1. The number of para-hydroxylation sites is 1. The van der Waals surface area contributed by atoms with E-state index < -0.39 is 5.92 Å². The maximum atomic E-state index is 12.7. The Morgan fingerprint density at radius 3 is 2.85 bits per heavy atom. The van der Waals surface area contributed by atoms with E-state index in [1.54, 1.807) is 19.2 Å². The van der Waals surface area contributed by atoms with Crippen molar-refractivity contribution < 1.29 is 14.3 Å². The molecule has 1 atom stereocenters. The lowest BCUT2D eigenvalue weighted by Gasteiger charge is -2.25. The smallest absolute Gasteiger partial charge is 0.234 e. The first-order valence-electron chi connectivity index (χ1n) is 10.5. The number of hydrogen-bond donors (Lipinski definition) is 3. The number of hydrogen-bond acceptors (Lipinski definition) is 7. The average molecular weight is 464 g/mol. The number of ether oxygens (including phenoxy) is 2. The molecule has 3 N–H and O–H groups in total. The number of carbonyl (C=O) groups excluding carboxylic acids is 1. The highest BCUT2D eigenvalue weighted by Gasteiger charge is 2.35. The summed E-state index contributed by atoms with van der Waals surface area (Å²) in [5.41, 5.74) is 3.36. The molecule has 1 unspecified atom stereocenters. The molecule has 170 valence electrons. The van der Waals surface area contributed by atoms with Gasteiger partial charge in [-0.05, 0) is 32.0 Å². The lowest BCUT2D eigenvalue weighted by molar-refractivity contribution is -0.113. The number of thioether (sulfide) groups is 1. The van der Waals surface area contributed by atoms with Crippen molar-refractivity contribution in [3.63, 3.8) is 0 Å². The summed E-state index contributed by atoms with van der Waals surface area (Å²) < 4.78 is 11.0. The second kappa shape index (κ2) is 9.91. The van der Waals surface area contributed by atoms with Gasteiger partial charge in [0.2, 0.25) is 5.91 Å². The molecule has 2 aromatic carbocycles. The fraction of sp³-hybridized carbons (Fsp3) is 0.250. The van der Waals surface area contributed by atoms with Crippen molar-refractivity contribution >= 4 is 39.9 Å². The summed E-state index contributed by atoms with van der Waals surface area (Å²) in [6.07, 6.45) is 0. The predicted octanol–water partition coefficient (Wildman–Crippen LogP) is 4.69. The van der Waals surface area contributed by atoms with Crippen molar-refractivity contribution in [3.8, 4) is 11.5 Å². The van der Waals surface area contributed by atoms with Crippen molar-refractivity contribution in [2.45, 2.75) is 19.8 Å². The number of amides is 1. The predicted molar refractivity (Wildman–Crippen MR) is 132 cm³/mol. The van der Waals surface area contributed by atoms with E-state index in [0.29, 0.717) is 45.9 Å². The first-order valence-corrected chi connectivity index (χ1v) is 11.5. The molecule has 0 fully saturated rings. The van der Waals surface area contributed by atoms with Crippen LogP contribution in [-0.4, -0.2) is 46.3 Å². The molecule has 1 aromatic heterocycles. The number of methoxy groups -OCH3 is 1. The van der Waals surface area contributed by atoms with E-state index in [2.05, 4.69) is 15.5 Å².